The number of aromatic nitrogens is 1. The van der Waals surface area contributed by atoms with Crippen LogP contribution in [0.25, 0.3) is 10.9 Å². The van der Waals surface area contributed by atoms with E-state index < -0.39 is 5.97 Å². The number of hydrogen-bond donors (Lipinski definition) is 2. The van der Waals surface area contributed by atoms with E-state index in [1.807, 2.05) is 12.1 Å². The number of aryl methyl sites for hydroxylation is 1. The molecule has 1 aromatic heterocycles. The van der Waals surface area contributed by atoms with Crippen LogP contribution in [0.3, 0.4) is 0 Å². The minimum Gasteiger partial charge on any atom is -0.481 e. The number of aromatic amines is 1. The van der Waals surface area contributed by atoms with Gasteiger partial charge >= 0.3 is 5.97 Å². The number of fused-ring (bicyclic) bond motifs is 3. The van der Waals surface area contributed by atoms with E-state index in [-0.39, 0.29) is 11.8 Å². The maximum Gasteiger partial charge on any atom is 0.304 e. The van der Waals surface area contributed by atoms with Crippen LogP contribution in [0.1, 0.15) is 50.3 Å². The zero-order chi connectivity index (χ0) is 15.9. The Bertz CT molecular complexity index is 738. The van der Waals surface area contributed by atoms with Crippen molar-refractivity contribution in [3.63, 3.8) is 0 Å². The summed E-state index contributed by atoms with van der Waals surface area (Å²) in [7, 11) is 0. The average Bonchev–Trinajstić information content (AvgIpc) is 2.85. The van der Waals surface area contributed by atoms with Crippen molar-refractivity contribution >= 4 is 48.7 Å². The van der Waals surface area contributed by atoms with Crippen LogP contribution in [-0.4, -0.2) is 16.1 Å². The second-order valence-electron chi connectivity index (χ2n) is 6.21. The normalized spacial score (nSPS) is 21.0. The van der Waals surface area contributed by atoms with Crippen molar-refractivity contribution in [1.29, 1.82) is 0 Å². The molecular weight excluding hydrogens is 410 g/mol. The Morgan fingerprint density at radius 2 is 2.09 bits per heavy atom. The minimum absolute atomic E-state index is 0.204. The minimum atomic E-state index is -0.710. The van der Waals surface area contributed by atoms with Crippen molar-refractivity contribution in [3.8, 4) is 0 Å². The molecule has 0 radical (unpaired) electrons. The Morgan fingerprint density at radius 3 is 2.77 bits per heavy atom. The summed E-state index contributed by atoms with van der Waals surface area (Å²) in [5.41, 5.74) is 3.26. The van der Waals surface area contributed by atoms with Crippen LogP contribution in [0.2, 0.25) is 0 Å². The smallest absolute Gasteiger partial charge is 0.304 e. The van der Waals surface area contributed by atoms with Gasteiger partial charge in [-0.15, -0.1) is 0 Å². The molecule has 0 spiro atoms. The van der Waals surface area contributed by atoms with Crippen LogP contribution in [0.5, 0.6) is 0 Å². The molecule has 1 aliphatic carbocycles. The number of nitrogens with one attached hydrogen (secondary N) is 1. The van der Waals surface area contributed by atoms with Gasteiger partial charge in [-0.05, 0) is 59.3 Å². The van der Waals surface area contributed by atoms with Gasteiger partial charge in [-0.1, -0.05) is 29.3 Å². The van der Waals surface area contributed by atoms with Crippen LogP contribution >= 0.6 is 31.9 Å². The Kier molecular flexibility index (Phi) is 4.38. The Morgan fingerprint density at radius 1 is 1.36 bits per heavy atom. The molecule has 2 aromatic rings. The van der Waals surface area contributed by atoms with Gasteiger partial charge in [0.25, 0.3) is 0 Å². The highest BCUT2D eigenvalue weighted by Gasteiger charge is 2.40. The predicted molar refractivity (Wildman–Crippen MR) is 95.5 cm³/mol. The van der Waals surface area contributed by atoms with E-state index in [1.54, 1.807) is 0 Å². The van der Waals surface area contributed by atoms with E-state index in [2.05, 4.69) is 43.8 Å². The molecule has 0 saturated carbocycles. The molecule has 0 bridgehead atoms. The standard InChI is InChI=1S/C17H19Br2NO2/c1-2-7-17(9-13(21)22)8-3-4-10-14-11(18)5-6-12(19)15(14)20-16(10)17/h5-6,20H,2-4,7-9H2,1H3,(H,21,22). The first-order valence-corrected chi connectivity index (χ1v) is 9.28. The topological polar surface area (TPSA) is 53.1 Å². The number of rotatable bonds is 4. The van der Waals surface area contributed by atoms with Crippen molar-refractivity contribution < 1.29 is 9.90 Å². The van der Waals surface area contributed by atoms with E-state index in [0.717, 1.165) is 52.3 Å². The maximum atomic E-state index is 11.5. The van der Waals surface area contributed by atoms with Crippen LogP contribution in [0.4, 0.5) is 0 Å². The Hall–Kier alpha value is -0.810. The number of hydrogen-bond acceptors (Lipinski definition) is 1. The van der Waals surface area contributed by atoms with Gasteiger partial charge in [0.2, 0.25) is 0 Å². The summed E-state index contributed by atoms with van der Waals surface area (Å²) >= 11 is 7.28. The first-order chi connectivity index (χ1) is 10.5. The molecule has 118 valence electrons. The number of H-pyrrole nitrogens is 1. The van der Waals surface area contributed by atoms with Crippen molar-refractivity contribution in [2.24, 2.45) is 0 Å². The van der Waals surface area contributed by atoms with Gasteiger partial charge in [0.15, 0.2) is 0 Å². The predicted octanol–water partition coefficient (Wildman–Crippen LogP) is 5.54. The lowest BCUT2D eigenvalue weighted by Gasteiger charge is -2.36. The van der Waals surface area contributed by atoms with Crippen LogP contribution < -0.4 is 0 Å². The SMILES string of the molecule is CCCC1(CC(=O)O)CCCc2c1[nH]c1c(Br)ccc(Br)c21. The molecule has 1 aliphatic rings. The van der Waals surface area contributed by atoms with Gasteiger partial charge in [0.1, 0.15) is 0 Å². The monoisotopic (exact) mass is 427 g/mol. The van der Waals surface area contributed by atoms with Crippen molar-refractivity contribution in [2.75, 3.05) is 0 Å². The van der Waals surface area contributed by atoms with Gasteiger partial charge < -0.3 is 10.1 Å². The number of carboxylic acid groups (broad SMARTS) is 1. The maximum absolute atomic E-state index is 11.5. The summed E-state index contributed by atoms with van der Waals surface area (Å²) in [6, 6.07) is 4.07. The molecule has 1 unspecified atom stereocenters. The highest BCUT2D eigenvalue weighted by atomic mass is 79.9. The van der Waals surface area contributed by atoms with E-state index in [4.69, 9.17) is 0 Å². The third-order valence-electron chi connectivity index (χ3n) is 4.79. The largest absolute Gasteiger partial charge is 0.481 e. The molecule has 0 amide bonds. The Balaban J connectivity index is 2.27. The van der Waals surface area contributed by atoms with Gasteiger partial charge in [-0.3, -0.25) is 4.79 Å². The molecule has 3 rings (SSSR count). The molecule has 0 fully saturated rings. The van der Waals surface area contributed by atoms with Crippen molar-refractivity contribution in [3.05, 3.63) is 32.3 Å². The third-order valence-corrected chi connectivity index (χ3v) is 6.11. The number of carboxylic acids is 1. The highest BCUT2D eigenvalue weighted by molar-refractivity contribution is 9.11. The van der Waals surface area contributed by atoms with E-state index >= 15 is 0 Å². The van der Waals surface area contributed by atoms with Crippen LogP contribution in [0.15, 0.2) is 21.1 Å². The second-order valence-corrected chi connectivity index (χ2v) is 7.92. The van der Waals surface area contributed by atoms with Gasteiger partial charge in [0.05, 0.1) is 11.9 Å². The second kappa shape index (κ2) is 6.00. The number of halogens is 2. The van der Waals surface area contributed by atoms with E-state index in [0.29, 0.717) is 0 Å². The number of benzene rings is 1. The lowest BCUT2D eigenvalue weighted by atomic mass is 9.68. The molecule has 1 heterocycles. The fourth-order valence-electron chi connectivity index (χ4n) is 4.01. The highest BCUT2D eigenvalue weighted by Crippen LogP contribution is 2.47. The van der Waals surface area contributed by atoms with Gasteiger partial charge in [0, 0.05) is 25.4 Å². The van der Waals surface area contributed by atoms with Crippen LogP contribution in [-0.2, 0) is 16.6 Å². The third kappa shape index (κ3) is 2.52. The Labute approximate surface area is 146 Å². The first-order valence-electron chi connectivity index (χ1n) is 7.69. The van der Waals surface area contributed by atoms with E-state index in [1.165, 1.54) is 10.9 Å². The molecule has 5 heteroatoms. The molecule has 2 N–H and O–H groups in total. The summed E-state index contributed by atoms with van der Waals surface area (Å²) in [5, 5.41) is 10.6. The summed E-state index contributed by atoms with van der Waals surface area (Å²) in [6.45, 7) is 2.13. The molecule has 3 nitrogen and oxygen atoms in total. The molecule has 1 atom stereocenters. The fourth-order valence-corrected chi connectivity index (χ4v) is 5.01. The van der Waals surface area contributed by atoms with Crippen LogP contribution in [0, 0.1) is 0 Å². The first kappa shape index (κ1) is 16.1. The summed E-state index contributed by atoms with van der Waals surface area (Å²) in [4.78, 5) is 15.0. The molecule has 1 aromatic carbocycles. The lowest BCUT2D eigenvalue weighted by Crippen LogP contribution is -2.33. The number of carbonyl (C=O) groups is 1. The molecule has 0 saturated heterocycles. The van der Waals surface area contributed by atoms with Gasteiger partial charge in [-0.25, -0.2) is 0 Å². The quantitative estimate of drug-likeness (QED) is 0.671. The van der Waals surface area contributed by atoms with E-state index in [9.17, 15) is 9.90 Å². The van der Waals surface area contributed by atoms with Crippen molar-refractivity contribution in [1.82, 2.24) is 4.98 Å². The lowest BCUT2D eigenvalue weighted by molar-refractivity contribution is -0.138. The molecule has 0 aliphatic heterocycles. The summed E-state index contributed by atoms with van der Waals surface area (Å²) < 4.78 is 2.10. The average molecular weight is 429 g/mol. The fraction of sp³-hybridized carbons (Fsp3) is 0.471. The molecule has 22 heavy (non-hydrogen) atoms. The van der Waals surface area contributed by atoms with Gasteiger partial charge in [-0.2, -0.15) is 0 Å². The summed E-state index contributed by atoms with van der Waals surface area (Å²) in [6.07, 6.45) is 5.11. The van der Waals surface area contributed by atoms with Crippen molar-refractivity contribution in [2.45, 2.75) is 50.9 Å². The summed E-state index contributed by atoms with van der Waals surface area (Å²) in [5.74, 6) is -0.710. The molecular formula is C17H19Br2NO2. The zero-order valence-corrected chi connectivity index (χ0v) is 15.7. The number of aliphatic carboxylic acids is 1. The zero-order valence-electron chi connectivity index (χ0n) is 12.5.